The molecule has 1 aromatic rings. The molecule has 1 aromatic carbocycles. The normalized spacial score (nSPS) is 13.4. The van der Waals surface area contributed by atoms with Crippen molar-refractivity contribution in [2.45, 2.75) is 39.8 Å². The van der Waals surface area contributed by atoms with Gasteiger partial charge >= 0.3 is 0 Å². The van der Waals surface area contributed by atoms with E-state index >= 15 is 0 Å². The zero-order valence-electron chi connectivity index (χ0n) is 11.0. The second-order valence-electron chi connectivity index (χ2n) is 5.37. The van der Waals surface area contributed by atoms with Gasteiger partial charge in [-0.1, -0.05) is 18.2 Å². The number of carboxylic acids is 1. The molecule has 0 saturated carbocycles. The fourth-order valence-corrected chi connectivity index (χ4v) is 1.98. The van der Waals surface area contributed by atoms with Crippen LogP contribution in [0, 0.1) is 0 Å². The van der Waals surface area contributed by atoms with Crippen molar-refractivity contribution in [1.82, 2.24) is 0 Å². The van der Waals surface area contributed by atoms with Crippen molar-refractivity contribution in [3.63, 3.8) is 0 Å². The number of carbonyl (C=O) groups is 1. The van der Waals surface area contributed by atoms with Gasteiger partial charge in [0.2, 0.25) is 0 Å². The number of hydrogen-bond donors (Lipinski definition) is 1. The van der Waals surface area contributed by atoms with E-state index in [-0.39, 0.29) is 11.1 Å². The highest BCUT2D eigenvalue weighted by atomic mass is 16.4. The predicted octanol–water partition coefficient (Wildman–Crippen LogP) is 0.253. The van der Waals surface area contributed by atoms with Crippen molar-refractivity contribution in [3.8, 4) is 0 Å². The quantitative estimate of drug-likeness (QED) is 0.813. The maximum Gasteiger partial charge on any atom is 0.103 e. The number of hydrogen-bond acceptors (Lipinski definition) is 2. The van der Waals surface area contributed by atoms with Crippen LogP contribution in [0.3, 0.4) is 0 Å². The van der Waals surface area contributed by atoms with Crippen LogP contribution in [0.2, 0.25) is 0 Å². The summed E-state index contributed by atoms with van der Waals surface area (Å²) in [5.74, 6) is -1.11. The number of aromatic carboxylic acids is 1. The van der Waals surface area contributed by atoms with E-state index in [4.69, 9.17) is 0 Å². The highest BCUT2D eigenvalue weighted by molar-refractivity contribution is 5.85. The lowest BCUT2D eigenvalue weighted by Gasteiger charge is -2.31. The highest BCUT2D eigenvalue weighted by Crippen LogP contribution is 2.04. The monoisotopic (exact) mass is 235 g/mol. The molecule has 0 amide bonds. The fourth-order valence-electron chi connectivity index (χ4n) is 1.98. The molecule has 1 rings (SSSR count). The SMILES string of the molecule is CC[NH+](Cc1cccc(C(=O)[O-])c1)C(C)(C)C. The Bertz CT molecular complexity index is 393. The minimum atomic E-state index is -1.11. The van der Waals surface area contributed by atoms with Crippen molar-refractivity contribution < 1.29 is 14.8 Å². The van der Waals surface area contributed by atoms with Crippen LogP contribution < -0.4 is 10.0 Å². The van der Waals surface area contributed by atoms with Gasteiger partial charge in [0.1, 0.15) is 6.54 Å². The third-order valence-electron chi connectivity index (χ3n) is 3.07. The summed E-state index contributed by atoms with van der Waals surface area (Å²) in [5.41, 5.74) is 1.46. The van der Waals surface area contributed by atoms with Crippen LogP contribution in [0.4, 0.5) is 0 Å². The van der Waals surface area contributed by atoms with E-state index < -0.39 is 5.97 Å². The Morgan fingerprint density at radius 2 is 2.00 bits per heavy atom. The Morgan fingerprint density at radius 3 is 2.47 bits per heavy atom. The molecule has 0 aliphatic carbocycles. The summed E-state index contributed by atoms with van der Waals surface area (Å²) in [6.45, 7) is 10.6. The molecule has 0 spiro atoms. The molecule has 1 atom stereocenters. The Balaban J connectivity index is 2.87. The van der Waals surface area contributed by atoms with Gasteiger partial charge in [-0.05, 0) is 39.3 Å². The number of carbonyl (C=O) groups excluding carboxylic acids is 1. The molecule has 3 nitrogen and oxygen atoms in total. The van der Waals surface area contributed by atoms with Crippen molar-refractivity contribution in [2.24, 2.45) is 0 Å². The minimum absolute atomic E-state index is 0.159. The van der Waals surface area contributed by atoms with Gasteiger partial charge in [0.25, 0.3) is 0 Å². The number of benzene rings is 1. The van der Waals surface area contributed by atoms with E-state index in [1.54, 1.807) is 18.2 Å². The van der Waals surface area contributed by atoms with Crippen LogP contribution in [-0.2, 0) is 6.54 Å². The summed E-state index contributed by atoms with van der Waals surface area (Å²) in [6, 6.07) is 7.02. The zero-order chi connectivity index (χ0) is 13.1. The highest BCUT2D eigenvalue weighted by Gasteiger charge is 2.23. The van der Waals surface area contributed by atoms with Crippen LogP contribution >= 0.6 is 0 Å². The predicted molar refractivity (Wildman–Crippen MR) is 65.7 cm³/mol. The van der Waals surface area contributed by atoms with Crippen LogP contribution in [0.25, 0.3) is 0 Å². The fraction of sp³-hybridized carbons (Fsp3) is 0.500. The minimum Gasteiger partial charge on any atom is -0.545 e. The first kappa shape index (κ1) is 13.7. The van der Waals surface area contributed by atoms with E-state index in [2.05, 4.69) is 27.7 Å². The smallest absolute Gasteiger partial charge is 0.103 e. The molecule has 0 aromatic heterocycles. The van der Waals surface area contributed by atoms with E-state index in [1.807, 2.05) is 6.07 Å². The Morgan fingerprint density at radius 1 is 1.35 bits per heavy atom. The molecule has 1 unspecified atom stereocenters. The van der Waals surface area contributed by atoms with E-state index in [0.717, 1.165) is 18.7 Å². The average Bonchev–Trinajstić information content (AvgIpc) is 2.24. The van der Waals surface area contributed by atoms with Gasteiger partial charge < -0.3 is 14.8 Å². The standard InChI is InChI=1S/C14H21NO2/c1-5-15(14(2,3)4)10-11-7-6-8-12(9-11)13(16)17/h6-9H,5,10H2,1-4H3,(H,16,17). The summed E-state index contributed by atoms with van der Waals surface area (Å²) >= 11 is 0. The van der Waals surface area contributed by atoms with Crippen LogP contribution in [0.1, 0.15) is 43.6 Å². The molecular weight excluding hydrogens is 214 g/mol. The van der Waals surface area contributed by atoms with Gasteiger partial charge in [0, 0.05) is 5.56 Å². The van der Waals surface area contributed by atoms with Gasteiger partial charge in [-0.3, -0.25) is 0 Å². The average molecular weight is 235 g/mol. The van der Waals surface area contributed by atoms with Crippen LogP contribution in [0.5, 0.6) is 0 Å². The third-order valence-corrected chi connectivity index (χ3v) is 3.07. The van der Waals surface area contributed by atoms with Crippen molar-refractivity contribution >= 4 is 5.97 Å². The van der Waals surface area contributed by atoms with E-state index in [1.165, 1.54) is 4.90 Å². The first-order valence-electron chi connectivity index (χ1n) is 6.00. The first-order valence-corrected chi connectivity index (χ1v) is 6.00. The maximum atomic E-state index is 10.8. The molecule has 0 bridgehead atoms. The van der Waals surface area contributed by atoms with Gasteiger partial charge in [-0.25, -0.2) is 0 Å². The van der Waals surface area contributed by atoms with Crippen molar-refractivity contribution in [1.29, 1.82) is 0 Å². The molecule has 17 heavy (non-hydrogen) atoms. The van der Waals surface area contributed by atoms with Crippen LogP contribution in [-0.4, -0.2) is 18.1 Å². The molecule has 0 radical (unpaired) electrons. The maximum absolute atomic E-state index is 10.8. The van der Waals surface area contributed by atoms with Gasteiger partial charge in [-0.15, -0.1) is 0 Å². The van der Waals surface area contributed by atoms with Gasteiger partial charge in [0.15, 0.2) is 0 Å². The second kappa shape index (κ2) is 5.32. The molecular formula is C14H21NO2. The lowest BCUT2D eigenvalue weighted by molar-refractivity contribution is -0.958. The summed E-state index contributed by atoms with van der Waals surface area (Å²) in [6.07, 6.45) is 0. The molecule has 0 fully saturated rings. The van der Waals surface area contributed by atoms with Crippen LogP contribution in [0.15, 0.2) is 24.3 Å². The van der Waals surface area contributed by atoms with E-state index in [9.17, 15) is 9.90 Å². The van der Waals surface area contributed by atoms with Gasteiger partial charge in [0.05, 0.1) is 18.1 Å². The van der Waals surface area contributed by atoms with Crippen molar-refractivity contribution in [3.05, 3.63) is 35.4 Å². The molecule has 0 aliphatic rings. The lowest BCUT2D eigenvalue weighted by Crippen LogP contribution is -3.17. The molecule has 0 aliphatic heterocycles. The molecule has 1 N–H and O–H groups in total. The van der Waals surface area contributed by atoms with E-state index in [0.29, 0.717) is 0 Å². The summed E-state index contributed by atoms with van der Waals surface area (Å²) < 4.78 is 0. The largest absolute Gasteiger partial charge is 0.545 e. The number of rotatable bonds is 4. The summed E-state index contributed by atoms with van der Waals surface area (Å²) in [5, 5.41) is 10.8. The Labute approximate surface area is 103 Å². The Kier molecular flexibility index (Phi) is 4.29. The summed E-state index contributed by atoms with van der Waals surface area (Å²) in [7, 11) is 0. The molecule has 0 saturated heterocycles. The molecule has 3 heteroatoms. The zero-order valence-corrected chi connectivity index (χ0v) is 11.0. The topological polar surface area (TPSA) is 44.6 Å². The van der Waals surface area contributed by atoms with Crippen molar-refractivity contribution in [2.75, 3.05) is 6.54 Å². The third kappa shape index (κ3) is 3.86. The number of carboxylic acid groups (broad SMARTS) is 1. The molecule has 0 heterocycles. The second-order valence-corrected chi connectivity index (χ2v) is 5.37. The lowest BCUT2D eigenvalue weighted by atomic mass is 10.0. The Hall–Kier alpha value is -1.35. The number of quaternary nitrogens is 1. The molecule has 94 valence electrons. The summed E-state index contributed by atoms with van der Waals surface area (Å²) in [4.78, 5) is 12.2. The van der Waals surface area contributed by atoms with Gasteiger partial charge in [-0.2, -0.15) is 0 Å². The first-order chi connectivity index (χ1) is 7.84. The number of nitrogens with one attached hydrogen (secondary N) is 1.